The molecule has 0 aliphatic rings. The fourth-order valence-corrected chi connectivity index (χ4v) is 2.11. The van der Waals surface area contributed by atoms with Crippen LogP contribution < -0.4 is 10.1 Å². The average molecular weight is 327 g/mol. The summed E-state index contributed by atoms with van der Waals surface area (Å²) in [5.41, 5.74) is 0.784. The van der Waals surface area contributed by atoms with Crippen molar-refractivity contribution in [2.45, 2.75) is 52.0 Å². The average Bonchev–Trinajstić information content (AvgIpc) is 2.41. The Bertz CT molecular complexity index is 492. The number of carbonyl (C=O) groups excluding carboxylic acids is 1. The minimum Gasteiger partial charge on any atom is -0.489 e. The molecule has 0 fully saturated rings. The van der Waals surface area contributed by atoms with Crippen LogP contribution in [0.5, 0.6) is 5.75 Å². The van der Waals surface area contributed by atoms with E-state index in [9.17, 15) is 9.18 Å². The number of hydrogen-bond acceptors (Lipinski definition) is 4. The number of ether oxygens (including phenoxy) is 1. The van der Waals surface area contributed by atoms with E-state index in [4.69, 9.17) is 4.74 Å². The number of thiol groups is 1. The summed E-state index contributed by atoms with van der Waals surface area (Å²) in [5, 5.41) is 3.23. The van der Waals surface area contributed by atoms with E-state index in [-0.39, 0.29) is 29.0 Å². The molecule has 1 unspecified atom stereocenters. The van der Waals surface area contributed by atoms with Crippen molar-refractivity contribution in [2.24, 2.45) is 5.92 Å². The van der Waals surface area contributed by atoms with Gasteiger partial charge in [0.05, 0.1) is 0 Å². The number of halogens is 1. The van der Waals surface area contributed by atoms with Crippen molar-refractivity contribution in [3.63, 3.8) is 0 Å². The fourth-order valence-electron chi connectivity index (χ4n) is 2.00. The molecule has 124 valence electrons. The fraction of sp³-hybridized carbons (Fsp3) is 0.588. The summed E-state index contributed by atoms with van der Waals surface area (Å²) in [5.74, 6) is 0.353. The van der Waals surface area contributed by atoms with Crippen LogP contribution in [0.15, 0.2) is 18.2 Å². The molecule has 0 heterocycles. The van der Waals surface area contributed by atoms with Crippen molar-refractivity contribution in [1.29, 1.82) is 0 Å². The number of Topliss-reactive ketones (excluding diaryl/α,β-unsaturated/α-hetero) is 1. The lowest BCUT2D eigenvalue weighted by molar-refractivity contribution is -0.121. The Morgan fingerprint density at radius 1 is 1.27 bits per heavy atom. The summed E-state index contributed by atoms with van der Waals surface area (Å²) < 4.78 is 19.4. The molecule has 0 aliphatic carbocycles. The summed E-state index contributed by atoms with van der Waals surface area (Å²) in [6.07, 6.45) is 0.863. The first-order chi connectivity index (χ1) is 10.3. The summed E-state index contributed by atoms with van der Waals surface area (Å²) in [6, 6.07) is 4.63. The first-order valence-corrected chi connectivity index (χ1v) is 8.20. The lowest BCUT2D eigenvalue weighted by Crippen LogP contribution is -2.32. The molecular formula is C17H26FNO2S. The maximum atomic E-state index is 13.7. The third-order valence-electron chi connectivity index (χ3n) is 3.27. The van der Waals surface area contributed by atoms with Gasteiger partial charge in [-0.1, -0.05) is 13.8 Å². The van der Waals surface area contributed by atoms with Gasteiger partial charge in [0.1, 0.15) is 23.5 Å². The second kappa shape index (κ2) is 9.16. The van der Waals surface area contributed by atoms with Gasteiger partial charge in [-0.3, -0.25) is 4.79 Å². The predicted molar refractivity (Wildman–Crippen MR) is 91.1 cm³/mol. The van der Waals surface area contributed by atoms with Gasteiger partial charge >= 0.3 is 0 Å². The second-order valence-electron chi connectivity index (χ2n) is 5.93. The molecule has 0 bridgehead atoms. The van der Waals surface area contributed by atoms with Crippen LogP contribution in [0.4, 0.5) is 4.39 Å². The minimum atomic E-state index is -0.341. The first kappa shape index (κ1) is 19.0. The number of carbonyl (C=O) groups is 1. The molecule has 1 rings (SSSR count). The quantitative estimate of drug-likeness (QED) is 0.537. The Balaban J connectivity index is 2.63. The second-order valence-corrected chi connectivity index (χ2v) is 6.70. The topological polar surface area (TPSA) is 38.3 Å². The highest BCUT2D eigenvalue weighted by atomic mass is 32.1. The highest BCUT2D eigenvalue weighted by molar-refractivity contribution is 7.80. The number of benzene rings is 1. The van der Waals surface area contributed by atoms with E-state index >= 15 is 0 Å². The Morgan fingerprint density at radius 2 is 1.95 bits per heavy atom. The van der Waals surface area contributed by atoms with Gasteiger partial charge in [-0.05, 0) is 38.0 Å². The maximum absolute atomic E-state index is 13.7. The molecule has 2 atom stereocenters. The number of nitrogens with one attached hydrogen (secondary N) is 1. The van der Waals surface area contributed by atoms with Gasteiger partial charge in [0.15, 0.2) is 0 Å². The number of rotatable bonds is 9. The van der Waals surface area contributed by atoms with Crippen LogP contribution >= 0.6 is 12.6 Å². The normalized spacial score (nSPS) is 14.0. The molecule has 5 heteroatoms. The maximum Gasteiger partial charge on any atom is 0.135 e. The molecule has 0 spiro atoms. The van der Waals surface area contributed by atoms with Gasteiger partial charge in [-0.2, -0.15) is 12.6 Å². The SMILES string of the molecule is CC(S)NC[C@H](C)Oc1cc(F)cc(CCC(=O)C(C)C)c1. The summed E-state index contributed by atoms with van der Waals surface area (Å²) in [6.45, 7) is 8.22. The standard InChI is InChI=1S/C17H26FNO2S/c1-11(2)17(20)6-5-14-7-15(18)9-16(8-14)21-12(3)10-19-13(4)22/h7-9,11-13,19,22H,5-6,10H2,1-4H3/t12-,13?/m0/s1. The monoisotopic (exact) mass is 327 g/mol. The molecule has 1 N–H and O–H groups in total. The largest absolute Gasteiger partial charge is 0.489 e. The first-order valence-electron chi connectivity index (χ1n) is 7.68. The van der Waals surface area contributed by atoms with Crippen molar-refractivity contribution < 1.29 is 13.9 Å². The van der Waals surface area contributed by atoms with Crippen LogP contribution in [0.1, 0.15) is 39.7 Å². The van der Waals surface area contributed by atoms with Crippen molar-refractivity contribution in [3.05, 3.63) is 29.6 Å². The van der Waals surface area contributed by atoms with Crippen molar-refractivity contribution >= 4 is 18.4 Å². The van der Waals surface area contributed by atoms with Crippen molar-refractivity contribution in [3.8, 4) is 5.75 Å². The summed E-state index contributed by atoms with van der Waals surface area (Å²) in [4.78, 5) is 11.7. The predicted octanol–water partition coefficient (Wildman–Crippen LogP) is 3.62. The van der Waals surface area contributed by atoms with Crippen LogP contribution in [0, 0.1) is 11.7 Å². The van der Waals surface area contributed by atoms with E-state index in [2.05, 4.69) is 17.9 Å². The van der Waals surface area contributed by atoms with Gasteiger partial charge in [0.25, 0.3) is 0 Å². The minimum absolute atomic E-state index is 0.0126. The summed E-state index contributed by atoms with van der Waals surface area (Å²) in [7, 11) is 0. The third kappa shape index (κ3) is 7.27. The Kier molecular flexibility index (Phi) is 7.90. The van der Waals surface area contributed by atoms with Gasteiger partial charge in [0, 0.05) is 30.3 Å². The highest BCUT2D eigenvalue weighted by Crippen LogP contribution is 2.19. The molecule has 0 saturated carbocycles. The van der Waals surface area contributed by atoms with E-state index in [0.29, 0.717) is 25.1 Å². The van der Waals surface area contributed by atoms with Crippen molar-refractivity contribution in [2.75, 3.05) is 6.54 Å². The number of ketones is 1. The summed E-state index contributed by atoms with van der Waals surface area (Å²) >= 11 is 4.24. The van der Waals surface area contributed by atoms with Crippen LogP contribution in [0.3, 0.4) is 0 Å². The molecular weight excluding hydrogens is 301 g/mol. The molecule has 1 aromatic rings. The zero-order chi connectivity index (χ0) is 16.7. The molecule has 0 aromatic heterocycles. The zero-order valence-electron chi connectivity index (χ0n) is 13.7. The molecule has 22 heavy (non-hydrogen) atoms. The molecule has 1 aromatic carbocycles. The van der Waals surface area contributed by atoms with Gasteiger partial charge in [-0.15, -0.1) is 0 Å². The Morgan fingerprint density at radius 3 is 2.55 bits per heavy atom. The van der Waals surface area contributed by atoms with Gasteiger partial charge in [0.2, 0.25) is 0 Å². The number of aryl methyl sites for hydroxylation is 1. The van der Waals surface area contributed by atoms with E-state index in [1.807, 2.05) is 27.7 Å². The van der Waals surface area contributed by atoms with Gasteiger partial charge in [-0.25, -0.2) is 4.39 Å². The molecule has 0 saturated heterocycles. The smallest absolute Gasteiger partial charge is 0.135 e. The third-order valence-corrected chi connectivity index (χ3v) is 3.46. The van der Waals surface area contributed by atoms with Crippen LogP contribution in [-0.4, -0.2) is 23.8 Å². The van der Waals surface area contributed by atoms with Crippen LogP contribution in [0.25, 0.3) is 0 Å². The van der Waals surface area contributed by atoms with Crippen LogP contribution in [-0.2, 0) is 11.2 Å². The number of hydrogen-bond donors (Lipinski definition) is 2. The van der Waals surface area contributed by atoms with E-state index in [1.54, 1.807) is 6.07 Å². The highest BCUT2D eigenvalue weighted by Gasteiger charge is 2.10. The Hall–Kier alpha value is -1.07. The van der Waals surface area contributed by atoms with Crippen LogP contribution in [0.2, 0.25) is 0 Å². The Labute approximate surface area is 138 Å². The molecule has 0 radical (unpaired) electrons. The lowest BCUT2D eigenvalue weighted by atomic mass is 10.0. The zero-order valence-corrected chi connectivity index (χ0v) is 14.6. The van der Waals surface area contributed by atoms with E-state index in [0.717, 1.165) is 5.56 Å². The molecule has 3 nitrogen and oxygen atoms in total. The lowest BCUT2D eigenvalue weighted by Gasteiger charge is -2.17. The van der Waals surface area contributed by atoms with Crippen molar-refractivity contribution in [1.82, 2.24) is 5.32 Å². The van der Waals surface area contributed by atoms with E-state index < -0.39 is 0 Å². The molecule has 0 amide bonds. The van der Waals surface area contributed by atoms with Gasteiger partial charge < -0.3 is 10.1 Å². The molecule has 0 aliphatic heterocycles. The van der Waals surface area contributed by atoms with E-state index in [1.165, 1.54) is 12.1 Å².